The van der Waals surface area contributed by atoms with E-state index in [-0.39, 0.29) is 5.41 Å². The summed E-state index contributed by atoms with van der Waals surface area (Å²) in [5.74, 6) is 0. The molecule has 1 nitrogen and oxygen atoms in total. The van der Waals surface area contributed by atoms with E-state index in [1.807, 2.05) is 0 Å². The Hall–Kier alpha value is -5.92. The molecule has 8 aromatic rings. The highest BCUT2D eigenvalue weighted by Gasteiger charge is 2.38. The fourth-order valence-electron chi connectivity index (χ4n) is 7.86. The van der Waals surface area contributed by atoms with Gasteiger partial charge in [-0.3, -0.25) is 0 Å². The van der Waals surface area contributed by atoms with E-state index < -0.39 is 0 Å². The van der Waals surface area contributed by atoms with Crippen LogP contribution in [-0.2, 0) is 5.41 Å². The summed E-state index contributed by atoms with van der Waals surface area (Å²) >= 11 is 0. The minimum atomic E-state index is -0.136. The summed E-state index contributed by atoms with van der Waals surface area (Å²) in [6.45, 7) is 4.77. The SMILES string of the molecule is CC1(C)c2ccc(-c3ccccc3)cc2-c2cc(N(c3ccc(-c4ccccc4)cc3)c3ccc4ccccc4c3)c3ccccc3c21. The summed E-state index contributed by atoms with van der Waals surface area (Å²) in [4.78, 5) is 2.45. The van der Waals surface area contributed by atoms with Gasteiger partial charge in [-0.2, -0.15) is 0 Å². The smallest absolute Gasteiger partial charge is 0.0546 e. The van der Waals surface area contributed by atoms with E-state index in [2.05, 4.69) is 195 Å². The molecule has 0 radical (unpaired) electrons. The van der Waals surface area contributed by atoms with Gasteiger partial charge in [0.15, 0.2) is 0 Å². The molecule has 0 heterocycles. The Morgan fingerprint density at radius 1 is 0.396 bits per heavy atom. The number of anilines is 3. The third-order valence-electron chi connectivity index (χ3n) is 10.2. The molecule has 0 saturated heterocycles. The van der Waals surface area contributed by atoms with Crippen molar-refractivity contribution in [3.8, 4) is 33.4 Å². The summed E-state index contributed by atoms with van der Waals surface area (Å²) in [7, 11) is 0. The second-order valence-corrected chi connectivity index (χ2v) is 13.4. The van der Waals surface area contributed by atoms with Gasteiger partial charge in [-0.25, -0.2) is 0 Å². The lowest BCUT2D eigenvalue weighted by Crippen LogP contribution is -2.16. The third-order valence-corrected chi connectivity index (χ3v) is 10.2. The van der Waals surface area contributed by atoms with E-state index >= 15 is 0 Å². The first-order valence-electron chi connectivity index (χ1n) is 16.8. The van der Waals surface area contributed by atoms with E-state index in [0.29, 0.717) is 0 Å². The Morgan fingerprint density at radius 2 is 0.958 bits per heavy atom. The van der Waals surface area contributed by atoms with Crippen LogP contribution in [0.1, 0.15) is 25.0 Å². The van der Waals surface area contributed by atoms with Crippen molar-refractivity contribution in [3.05, 3.63) is 187 Å². The summed E-state index contributed by atoms with van der Waals surface area (Å²) in [5.41, 5.74) is 13.6. The van der Waals surface area contributed by atoms with Crippen LogP contribution >= 0.6 is 0 Å². The Kier molecular flexibility index (Phi) is 6.55. The van der Waals surface area contributed by atoms with Gasteiger partial charge in [0.1, 0.15) is 0 Å². The predicted molar refractivity (Wildman–Crippen MR) is 205 cm³/mol. The van der Waals surface area contributed by atoms with Crippen molar-refractivity contribution in [1.82, 2.24) is 0 Å². The van der Waals surface area contributed by atoms with Gasteiger partial charge >= 0.3 is 0 Å². The zero-order valence-corrected chi connectivity index (χ0v) is 27.2. The average molecular weight is 614 g/mol. The first kappa shape index (κ1) is 28.3. The minimum Gasteiger partial charge on any atom is -0.310 e. The van der Waals surface area contributed by atoms with Gasteiger partial charge < -0.3 is 4.90 Å². The minimum absolute atomic E-state index is 0.136. The van der Waals surface area contributed by atoms with E-state index in [4.69, 9.17) is 0 Å². The molecule has 1 heteroatoms. The number of hydrogen-bond donors (Lipinski definition) is 0. The molecule has 0 amide bonds. The predicted octanol–water partition coefficient (Wildman–Crippen LogP) is 13.1. The average Bonchev–Trinajstić information content (AvgIpc) is 3.38. The van der Waals surface area contributed by atoms with Crippen LogP contribution in [0.15, 0.2) is 176 Å². The molecular formula is C47H35N. The van der Waals surface area contributed by atoms with E-state index in [1.165, 1.54) is 71.7 Å². The van der Waals surface area contributed by atoms with Crippen LogP contribution in [0, 0.1) is 0 Å². The standard InChI is InChI=1S/C47H35N/c1-47(2)44-28-24-37(33-15-7-4-8-16-33)30-42(44)43-31-45(40-19-11-12-20-41(40)46(43)47)48(39-27-23-34-17-9-10-18-36(34)29-39)38-25-21-35(22-26-38)32-13-5-3-6-14-32/h3-31H,1-2H3. The molecule has 8 aromatic carbocycles. The molecule has 0 atom stereocenters. The van der Waals surface area contributed by atoms with Crippen molar-refractivity contribution < 1.29 is 0 Å². The summed E-state index contributed by atoms with van der Waals surface area (Å²) in [5, 5.41) is 5.02. The van der Waals surface area contributed by atoms with E-state index in [1.54, 1.807) is 0 Å². The molecule has 48 heavy (non-hydrogen) atoms. The lowest BCUT2D eigenvalue weighted by Gasteiger charge is -2.30. The van der Waals surface area contributed by atoms with Crippen LogP contribution in [0.5, 0.6) is 0 Å². The Balaban J connectivity index is 1.30. The summed E-state index contributed by atoms with van der Waals surface area (Å²) in [6.07, 6.45) is 0. The topological polar surface area (TPSA) is 3.24 Å². The largest absolute Gasteiger partial charge is 0.310 e. The molecule has 0 aliphatic heterocycles. The van der Waals surface area contributed by atoms with Gasteiger partial charge in [-0.15, -0.1) is 0 Å². The zero-order chi connectivity index (χ0) is 32.2. The molecule has 0 spiro atoms. The van der Waals surface area contributed by atoms with Crippen molar-refractivity contribution in [1.29, 1.82) is 0 Å². The maximum absolute atomic E-state index is 2.46. The second kappa shape index (κ2) is 11.1. The van der Waals surface area contributed by atoms with Crippen molar-refractivity contribution in [3.63, 3.8) is 0 Å². The molecule has 0 N–H and O–H groups in total. The molecule has 0 unspecified atom stereocenters. The number of fused-ring (bicyclic) bond motifs is 6. The molecule has 0 aromatic heterocycles. The van der Waals surface area contributed by atoms with Gasteiger partial charge in [0.25, 0.3) is 0 Å². The van der Waals surface area contributed by atoms with Gasteiger partial charge in [-0.1, -0.05) is 153 Å². The molecule has 0 saturated carbocycles. The highest BCUT2D eigenvalue weighted by Crippen LogP contribution is 2.55. The van der Waals surface area contributed by atoms with Gasteiger partial charge in [0, 0.05) is 22.2 Å². The van der Waals surface area contributed by atoms with Crippen LogP contribution in [0.4, 0.5) is 17.1 Å². The highest BCUT2D eigenvalue weighted by molar-refractivity contribution is 6.08. The quantitative estimate of drug-likeness (QED) is 0.187. The van der Waals surface area contributed by atoms with Crippen molar-refractivity contribution in [2.45, 2.75) is 19.3 Å². The molecule has 9 rings (SSSR count). The third kappa shape index (κ3) is 4.54. The maximum atomic E-state index is 2.46. The van der Waals surface area contributed by atoms with Crippen LogP contribution in [-0.4, -0.2) is 0 Å². The number of hydrogen-bond acceptors (Lipinski definition) is 1. The van der Waals surface area contributed by atoms with Crippen LogP contribution in [0.25, 0.3) is 54.9 Å². The molecular weight excluding hydrogens is 579 g/mol. The summed E-state index contributed by atoms with van der Waals surface area (Å²) in [6, 6.07) is 64.4. The Labute approximate surface area is 282 Å². The Morgan fingerprint density at radius 3 is 1.69 bits per heavy atom. The van der Waals surface area contributed by atoms with Gasteiger partial charge in [-0.05, 0) is 97.1 Å². The Bertz CT molecular complexity index is 2460. The van der Waals surface area contributed by atoms with Crippen molar-refractivity contribution in [2.75, 3.05) is 4.90 Å². The van der Waals surface area contributed by atoms with Gasteiger partial charge in [0.05, 0.1) is 5.69 Å². The lowest BCUT2D eigenvalue weighted by atomic mass is 9.79. The molecule has 0 fully saturated rings. The monoisotopic (exact) mass is 613 g/mol. The van der Waals surface area contributed by atoms with Crippen molar-refractivity contribution >= 4 is 38.6 Å². The maximum Gasteiger partial charge on any atom is 0.0546 e. The van der Waals surface area contributed by atoms with Crippen molar-refractivity contribution in [2.24, 2.45) is 0 Å². The zero-order valence-electron chi connectivity index (χ0n) is 27.2. The first-order chi connectivity index (χ1) is 23.6. The van der Waals surface area contributed by atoms with Gasteiger partial charge in [0.2, 0.25) is 0 Å². The normalized spacial score (nSPS) is 13.0. The fraction of sp³-hybridized carbons (Fsp3) is 0.0638. The number of benzene rings is 8. The second-order valence-electron chi connectivity index (χ2n) is 13.4. The van der Waals surface area contributed by atoms with Crippen LogP contribution in [0.2, 0.25) is 0 Å². The van der Waals surface area contributed by atoms with E-state index in [9.17, 15) is 0 Å². The molecule has 1 aliphatic carbocycles. The lowest BCUT2D eigenvalue weighted by molar-refractivity contribution is 0.666. The number of rotatable bonds is 5. The highest BCUT2D eigenvalue weighted by atomic mass is 15.1. The van der Waals surface area contributed by atoms with E-state index in [0.717, 1.165) is 11.4 Å². The molecule has 1 aliphatic rings. The molecule has 228 valence electrons. The van der Waals surface area contributed by atoms with Crippen LogP contribution in [0.3, 0.4) is 0 Å². The molecule has 0 bridgehead atoms. The first-order valence-corrected chi connectivity index (χ1v) is 16.8. The fourth-order valence-corrected chi connectivity index (χ4v) is 7.86. The summed E-state index contributed by atoms with van der Waals surface area (Å²) < 4.78 is 0. The van der Waals surface area contributed by atoms with Crippen LogP contribution < -0.4 is 4.90 Å². The number of nitrogens with zero attached hydrogens (tertiary/aromatic N) is 1.